The third-order valence-electron chi connectivity index (χ3n) is 4.26. The monoisotopic (exact) mass is 270 g/mol. The average molecular weight is 270 g/mol. The van der Waals surface area contributed by atoms with Gasteiger partial charge in [-0.1, -0.05) is 31.2 Å². The number of hydrogen-bond donors (Lipinski definition) is 1. The van der Waals surface area contributed by atoms with Crippen LogP contribution in [0.2, 0.25) is 0 Å². The number of oxazole rings is 1. The van der Waals surface area contributed by atoms with Crippen molar-refractivity contribution in [2.24, 2.45) is 0 Å². The van der Waals surface area contributed by atoms with Gasteiger partial charge in [-0.25, -0.2) is 4.98 Å². The summed E-state index contributed by atoms with van der Waals surface area (Å²) in [7, 11) is 0. The number of nitrogens with zero attached hydrogens (tertiary/aromatic N) is 1. The lowest BCUT2D eigenvalue weighted by Gasteiger charge is -2.37. The Bertz CT molecular complexity index is 570. The minimum absolute atomic E-state index is 0.594. The molecule has 1 saturated carbocycles. The molecule has 0 unspecified atom stereocenters. The summed E-state index contributed by atoms with van der Waals surface area (Å²) in [5, 5.41) is 3.54. The molecule has 106 valence electrons. The fourth-order valence-electron chi connectivity index (χ4n) is 2.91. The highest BCUT2D eigenvalue weighted by Gasteiger charge is 2.30. The first kappa shape index (κ1) is 13.4. The zero-order chi connectivity index (χ0) is 13.9. The Hall–Kier alpha value is -1.61. The topological polar surface area (TPSA) is 38.1 Å². The Morgan fingerprint density at radius 2 is 2.10 bits per heavy atom. The first-order valence-electron chi connectivity index (χ1n) is 7.48. The number of nitrogens with one attached hydrogen (secondary N) is 1. The van der Waals surface area contributed by atoms with Crippen molar-refractivity contribution in [3.05, 3.63) is 53.2 Å². The second kappa shape index (κ2) is 5.80. The maximum absolute atomic E-state index is 5.61. The van der Waals surface area contributed by atoms with Crippen LogP contribution in [-0.2, 0) is 13.0 Å². The van der Waals surface area contributed by atoms with E-state index in [4.69, 9.17) is 4.42 Å². The zero-order valence-corrected chi connectivity index (χ0v) is 12.2. The minimum atomic E-state index is 0.594. The van der Waals surface area contributed by atoms with Crippen LogP contribution in [0.5, 0.6) is 0 Å². The molecular formula is C17H22N2O. The van der Waals surface area contributed by atoms with E-state index in [9.17, 15) is 0 Å². The van der Waals surface area contributed by atoms with Gasteiger partial charge in [0.15, 0.2) is 0 Å². The Labute approximate surface area is 120 Å². The molecule has 1 aromatic heterocycles. The van der Waals surface area contributed by atoms with Crippen LogP contribution in [0, 0.1) is 6.92 Å². The van der Waals surface area contributed by atoms with Crippen molar-refractivity contribution in [1.82, 2.24) is 10.3 Å². The van der Waals surface area contributed by atoms with Gasteiger partial charge in [0.05, 0.1) is 12.7 Å². The molecule has 1 aliphatic rings. The van der Waals surface area contributed by atoms with Gasteiger partial charge in [-0.2, -0.15) is 0 Å². The van der Waals surface area contributed by atoms with Gasteiger partial charge in [-0.05, 0) is 36.8 Å². The molecule has 1 aliphatic carbocycles. The molecule has 1 N–H and O–H groups in total. The van der Waals surface area contributed by atoms with Gasteiger partial charge < -0.3 is 9.73 Å². The van der Waals surface area contributed by atoms with Crippen LogP contribution in [-0.4, -0.2) is 11.0 Å². The van der Waals surface area contributed by atoms with Crippen molar-refractivity contribution in [3.63, 3.8) is 0 Å². The number of rotatable bonds is 5. The van der Waals surface area contributed by atoms with E-state index in [0.29, 0.717) is 12.0 Å². The molecule has 0 saturated heterocycles. The second-order valence-corrected chi connectivity index (χ2v) is 5.68. The standard InChI is InChI=1S/C17H22N2O/c1-3-15-10-19-17(20-15)11-18-14-8-13(9-14)16-7-5-4-6-12(16)2/h4-7,10,13-14,18H,3,8-9,11H2,1-2H3. The summed E-state index contributed by atoms with van der Waals surface area (Å²) in [6.07, 6.45) is 5.16. The average Bonchev–Trinajstić information content (AvgIpc) is 2.87. The van der Waals surface area contributed by atoms with Crippen LogP contribution < -0.4 is 5.32 Å². The van der Waals surface area contributed by atoms with Crippen LogP contribution in [0.3, 0.4) is 0 Å². The molecular weight excluding hydrogens is 248 g/mol. The summed E-state index contributed by atoms with van der Waals surface area (Å²) in [6.45, 7) is 5.02. The van der Waals surface area contributed by atoms with Crippen molar-refractivity contribution in [2.75, 3.05) is 0 Å². The lowest BCUT2D eigenvalue weighted by molar-refractivity contribution is 0.277. The van der Waals surface area contributed by atoms with Crippen molar-refractivity contribution < 1.29 is 4.42 Å². The van der Waals surface area contributed by atoms with Crippen LogP contribution in [0.4, 0.5) is 0 Å². The molecule has 2 aromatic rings. The molecule has 1 fully saturated rings. The predicted octanol–water partition coefficient (Wildman–Crippen LogP) is 3.58. The Kier molecular flexibility index (Phi) is 3.88. The third-order valence-corrected chi connectivity index (χ3v) is 4.26. The normalized spacial score (nSPS) is 21.7. The molecule has 0 bridgehead atoms. The van der Waals surface area contributed by atoms with Crippen LogP contribution in [0.15, 0.2) is 34.9 Å². The molecule has 0 aliphatic heterocycles. The molecule has 0 radical (unpaired) electrons. The lowest BCUT2D eigenvalue weighted by Crippen LogP contribution is -2.39. The molecule has 0 spiro atoms. The molecule has 3 heteroatoms. The molecule has 1 aromatic carbocycles. The molecule has 3 nitrogen and oxygen atoms in total. The van der Waals surface area contributed by atoms with Gasteiger partial charge in [0.2, 0.25) is 5.89 Å². The fourth-order valence-corrected chi connectivity index (χ4v) is 2.91. The number of hydrogen-bond acceptors (Lipinski definition) is 3. The summed E-state index contributed by atoms with van der Waals surface area (Å²) >= 11 is 0. The molecule has 0 atom stereocenters. The molecule has 20 heavy (non-hydrogen) atoms. The van der Waals surface area contributed by atoms with E-state index < -0.39 is 0 Å². The largest absolute Gasteiger partial charge is 0.444 e. The highest BCUT2D eigenvalue weighted by atomic mass is 16.4. The highest BCUT2D eigenvalue weighted by Crippen LogP contribution is 2.38. The van der Waals surface area contributed by atoms with Crippen LogP contribution in [0.1, 0.15) is 48.5 Å². The number of aryl methyl sites for hydroxylation is 2. The molecule has 3 rings (SSSR count). The van der Waals surface area contributed by atoms with Gasteiger partial charge in [-0.3, -0.25) is 0 Å². The first-order chi connectivity index (χ1) is 9.76. The Balaban J connectivity index is 1.48. The maximum atomic E-state index is 5.61. The smallest absolute Gasteiger partial charge is 0.208 e. The minimum Gasteiger partial charge on any atom is -0.444 e. The lowest BCUT2D eigenvalue weighted by atomic mass is 9.74. The van der Waals surface area contributed by atoms with Gasteiger partial charge in [0, 0.05) is 12.5 Å². The Morgan fingerprint density at radius 3 is 2.80 bits per heavy atom. The van der Waals surface area contributed by atoms with E-state index in [2.05, 4.69) is 48.4 Å². The maximum Gasteiger partial charge on any atom is 0.208 e. The number of aromatic nitrogens is 1. The van der Waals surface area contributed by atoms with Crippen molar-refractivity contribution >= 4 is 0 Å². The van der Waals surface area contributed by atoms with Crippen LogP contribution >= 0.6 is 0 Å². The van der Waals surface area contributed by atoms with Gasteiger partial charge in [-0.15, -0.1) is 0 Å². The van der Waals surface area contributed by atoms with Crippen LogP contribution in [0.25, 0.3) is 0 Å². The molecule has 1 heterocycles. The highest BCUT2D eigenvalue weighted by molar-refractivity contribution is 5.31. The zero-order valence-electron chi connectivity index (χ0n) is 12.2. The van der Waals surface area contributed by atoms with Gasteiger partial charge in [0.25, 0.3) is 0 Å². The van der Waals surface area contributed by atoms with Crippen molar-refractivity contribution in [3.8, 4) is 0 Å². The van der Waals surface area contributed by atoms with E-state index in [0.717, 1.165) is 24.6 Å². The first-order valence-corrected chi connectivity index (χ1v) is 7.48. The van der Waals surface area contributed by atoms with E-state index in [-0.39, 0.29) is 0 Å². The van der Waals surface area contributed by atoms with Crippen molar-refractivity contribution in [1.29, 1.82) is 0 Å². The fraction of sp³-hybridized carbons (Fsp3) is 0.471. The summed E-state index contributed by atoms with van der Waals surface area (Å²) in [6, 6.07) is 9.31. The summed E-state index contributed by atoms with van der Waals surface area (Å²) in [4.78, 5) is 4.28. The third kappa shape index (κ3) is 2.78. The quantitative estimate of drug-likeness (QED) is 0.902. The van der Waals surface area contributed by atoms with E-state index in [1.54, 1.807) is 0 Å². The SMILES string of the molecule is CCc1cnc(CNC2CC(c3ccccc3C)C2)o1. The summed E-state index contributed by atoms with van der Waals surface area (Å²) in [5.41, 5.74) is 2.92. The summed E-state index contributed by atoms with van der Waals surface area (Å²) < 4.78 is 5.61. The second-order valence-electron chi connectivity index (χ2n) is 5.68. The number of benzene rings is 1. The van der Waals surface area contributed by atoms with Gasteiger partial charge >= 0.3 is 0 Å². The van der Waals surface area contributed by atoms with Crippen molar-refractivity contribution in [2.45, 2.75) is 51.6 Å². The van der Waals surface area contributed by atoms with Gasteiger partial charge in [0.1, 0.15) is 5.76 Å². The van der Waals surface area contributed by atoms with E-state index in [1.165, 1.54) is 24.0 Å². The summed E-state index contributed by atoms with van der Waals surface area (Å²) in [5.74, 6) is 2.49. The van der Waals surface area contributed by atoms with E-state index in [1.807, 2.05) is 6.20 Å². The Morgan fingerprint density at radius 1 is 1.30 bits per heavy atom. The van der Waals surface area contributed by atoms with E-state index >= 15 is 0 Å². The molecule has 0 amide bonds. The predicted molar refractivity (Wildman–Crippen MR) is 79.7 cm³/mol.